The van der Waals surface area contributed by atoms with Gasteiger partial charge in [-0.3, -0.25) is 9.59 Å². The van der Waals surface area contributed by atoms with Gasteiger partial charge in [0.2, 0.25) is 11.8 Å². The van der Waals surface area contributed by atoms with Gasteiger partial charge in [0.15, 0.2) is 0 Å². The lowest BCUT2D eigenvalue weighted by molar-refractivity contribution is -0.122. The van der Waals surface area contributed by atoms with Gasteiger partial charge in [-0.1, -0.05) is 24.3 Å². The Hall–Kier alpha value is -2.89. The van der Waals surface area contributed by atoms with Gasteiger partial charge in [0.1, 0.15) is 6.04 Å². The zero-order valence-corrected chi connectivity index (χ0v) is 12.7. The van der Waals surface area contributed by atoms with E-state index < -0.39 is 11.9 Å². The van der Waals surface area contributed by atoms with Crippen molar-refractivity contribution in [1.82, 2.24) is 9.88 Å². The van der Waals surface area contributed by atoms with Crippen molar-refractivity contribution < 1.29 is 14.3 Å². The smallest absolute Gasteiger partial charge is 0.256 e. The van der Waals surface area contributed by atoms with E-state index >= 15 is 0 Å². The van der Waals surface area contributed by atoms with Gasteiger partial charge >= 0.3 is 0 Å². The molecule has 6 nitrogen and oxygen atoms in total. The molecule has 118 valence electrons. The van der Waals surface area contributed by atoms with Crippen LogP contribution < -0.4 is 10.5 Å². The van der Waals surface area contributed by atoms with Gasteiger partial charge in [-0.25, -0.2) is 4.98 Å². The normalized spacial score (nSPS) is 16.6. The van der Waals surface area contributed by atoms with E-state index in [2.05, 4.69) is 4.98 Å². The molecule has 1 aliphatic heterocycles. The van der Waals surface area contributed by atoms with Crippen LogP contribution in [0.25, 0.3) is 0 Å². The highest BCUT2D eigenvalue weighted by atomic mass is 16.5. The Morgan fingerprint density at radius 2 is 1.96 bits per heavy atom. The Labute approximate surface area is 133 Å². The van der Waals surface area contributed by atoms with E-state index in [1.807, 2.05) is 24.3 Å². The molecular formula is C17H17N3O3. The lowest BCUT2D eigenvalue weighted by Crippen LogP contribution is -2.51. The fraction of sp³-hybridized carbons (Fsp3) is 0.235. The molecule has 0 bridgehead atoms. The fourth-order valence-electron chi connectivity index (χ4n) is 2.78. The van der Waals surface area contributed by atoms with Crippen molar-refractivity contribution in [3.05, 3.63) is 59.3 Å². The second-order valence-electron chi connectivity index (χ2n) is 5.41. The molecule has 0 spiro atoms. The van der Waals surface area contributed by atoms with Crippen molar-refractivity contribution in [2.45, 2.75) is 19.0 Å². The number of hydrogen-bond acceptors (Lipinski definition) is 4. The summed E-state index contributed by atoms with van der Waals surface area (Å²) in [6.07, 6.45) is 1.88. The van der Waals surface area contributed by atoms with Crippen molar-refractivity contribution in [3.8, 4) is 5.88 Å². The average Bonchev–Trinajstić information content (AvgIpc) is 2.60. The number of benzene rings is 1. The summed E-state index contributed by atoms with van der Waals surface area (Å²) >= 11 is 0. The first-order valence-corrected chi connectivity index (χ1v) is 7.27. The predicted molar refractivity (Wildman–Crippen MR) is 83.8 cm³/mol. The van der Waals surface area contributed by atoms with Crippen molar-refractivity contribution in [2.24, 2.45) is 5.73 Å². The second-order valence-corrected chi connectivity index (χ2v) is 5.41. The number of carbonyl (C=O) groups excluding carboxylic acids is 2. The molecule has 1 aliphatic rings. The molecule has 2 heterocycles. The molecule has 1 aromatic carbocycles. The first-order chi connectivity index (χ1) is 11.1. The Morgan fingerprint density at radius 3 is 2.57 bits per heavy atom. The van der Waals surface area contributed by atoms with Crippen LogP contribution in [0.5, 0.6) is 5.88 Å². The summed E-state index contributed by atoms with van der Waals surface area (Å²) in [5.41, 5.74) is 7.98. The van der Waals surface area contributed by atoms with Crippen LogP contribution in [0.4, 0.5) is 0 Å². The molecule has 2 N–H and O–H groups in total. The summed E-state index contributed by atoms with van der Waals surface area (Å²) < 4.78 is 4.99. The maximum Gasteiger partial charge on any atom is 0.256 e. The van der Waals surface area contributed by atoms with Gasteiger partial charge < -0.3 is 15.4 Å². The summed E-state index contributed by atoms with van der Waals surface area (Å²) in [7, 11) is 1.51. The first kappa shape index (κ1) is 15.0. The SMILES string of the molecule is COc1ccc(C(=O)N2Cc3ccccc3C[C@H]2C(N)=O)cn1. The predicted octanol–water partition coefficient (Wildman–Crippen LogP) is 1.14. The lowest BCUT2D eigenvalue weighted by Gasteiger charge is -2.35. The molecule has 6 heteroatoms. The number of hydrogen-bond donors (Lipinski definition) is 1. The second kappa shape index (κ2) is 6.08. The maximum absolute atomic E-state index is 12.8. The number of pyridine rings is 1. The van der Waals surface area contributed by atoms with E-state index in [1.54, 1.807) is 12.1 Å². The Kier molecular flexibility index (Phi) is 3.97. The van der Waals surface area contributed by atoms with Crippen LogP contribution >= 0.6 is 0 Å². The molecular weight excluding hydrogens is 294 g/mol. The van der Waals surface area contributed by atoms with Crippen molar-refractivity contribution >= 4 is 11.8 Å². The Bertz CT molecular complexity index is 743. The summed E-state index contributed by atoms with van der Waals surface area (Å²) in [5.74, 6) is -0.343. The molecule has 3 rings (SSSR count). The van der Waals surface area contributed by atoms with Crippen LogP contribution in [0.15, 0.2) is 42.6 Å². The van der Waals surface area contributed by atoms with Crippen LogP contribution in [0.3, 0.4) is 0 Å². The molecule has 1 atom stereocenters. The van der Waals surface area contributed by atoms with E-state index in [1.165, 1.54) is 18.2 Å². The van der Waals surface area contributed by atoms with Gasteiger partial charge in [0.25, 0.3) is 5.91 Å². The van der Waals surface area contributed by atoms with E-state index in [9.17, 15) is 9.59 Å². The highest BCUT2D eigenvalue weighted by molar-refractivity contribution is 5.97. The summed E-state index contributed by atoms with van der Waals surface area (Å²) in [6.45, 7) is 0.356. The number of methoxy groups -OCH3 is 1. The molecule has 0 saturated carbocycles. The molecule has 23 heavy (non-hydrogen) atoms. The van der Waals surface area contributed by atoms with E-state index in [-0.39, 0.29) is 5.91 Å². The highest BCUT2D eigenvalue weighted by Crippen LogP contribution is 2.25. The van der Waals surface area contributed by atoms with Gasteiger partial charge in [-0.05, 0) is 17.2 Å². The largest absolute Gasteiger partial charge is 0.481 e. The van der Waals surface area contributed by atoms with E-state index in [0.717, 1.165) is 11.1 Å². The van der Waals surface area contributed by atoms with Gasteiger partial charge in [-0.15, -0.1) is 0 Å². The zero-order valence-electron chi connectivity index (χ0n) is 12.7. The third-order valence-corrected chi connectivity index (χ3v) is 4.03. The Morgan fingerprint density at radius 1 is 1.22 bits per heavy atom. The van der Waals surface area contributed by atoms with Gasteiger partial charge in [-0.2, -0.15) is 0 Å². The van der Waals surface area contributed by atoms with Gasteiger partial charge in [0, 0.05) is 25.2 Å². The van der Waals surface area contributed by atoms with Gasteiger partial charge in [0.05, 0.1) is 12.7 Å². The topological polar surface area (TPSA) is 85.5 Å². The average molecular weight is 311 g/mol. The fourth-order valence-corrected chi connectivity index (χ4v) is 2.78. The number of rotatable bonds is 3. The highest BCUT2D eigenvalue weighted by Gasteiger charge is 2.33. The molecule has 2 amide bonds. The molecule has 0 aliphatic carbocycles. The van der Waals surface area contributed by atoms with Crippen LogP contribution in [0, 0.1) is 0 Å². The third kappa shape index (κ3) is 2.88. The standard InChI is InChI=1S/C17H17N3O3/c1-23-15-7-6-12(9-19-15)17(22)20-10-13-5-3-2-4-11(13)8-14(20)16(18)21/h2-7,9,14H,8,10H2,1H3,(H2,18,21)/t14-/m0/s1. The van der Waals surface area contributed by atoms with E-state index in [4.69, 9.17) is 10.5 Å². The van der Waals surface area contributed by atoms with Crippen LogP contribution in [-0.2, 0) is 17.8 Å². The number of nitrogens with zero attached hydrogens (tertiary/aromatic N) is 2. The summed E-state index contributed by atoms with van der Waals surface area (Å²) in [5, 5.41) is 0. The molecule has 0 unspecified atom stereocenters. The number of primary amides is 1. The van der Waals surface area contributed by atoms with Crippen molar-refractivity contribution in [2.75, 3.05) is 7.11 Å². The molecule has 1 aromatic heterocycles. The minimum absolute atomic E-state index is 0.265. The summed E-state index contributed by atoms with van der Waals surface area (Å²) in [4.78, 5) is 30.1. The number of amides is 2. The van der Waals surface area contributed by atoms with Crippen LogP contribution in [0.1, 0.15) is 21.5 Å². The third-order valence-electron chi connectivity index (χ3n) is 4.03. The van der Waals surface area contributed by atoms with Crippen LogP contribution in [-0.4, -0.2) is 34.8 Å². The maximum atomic E-state index is 12.8. The lowest BCUT2D eigenvalue weighted by atomic mass is 9.93. The van der Waals surface area contributed by atoms with Crippen LogP contribution in [0.2, 0.25) is 0 Å². The number of aromatic nitrogens is 1. The molecule has 0 radical (unpaired) electrons. The number of fused-ring (bicyclic) bond motifs is 1. The van der Waals surface area contributed by atoms with Crippen molar-refractivity contribution in [1.29, 1.82) is 0 Å². The quantitative estimate of drug-likeness (QED) is 0.921. The molecule has 0 saturated heterocycles. The summed E-state index contributed by atoms with van der Waals surface area (Å²) in [6, 6.07) is 10.3. The number of ether oxygens (including phenoxy) is 1. The number of nitrogens with two attached hydrogens (primary N) is 1. The van der Waals surface area contributed by atoms with Crippen molar-refractivity contribution in [3.63, 3.8) is 0 Å². The minimum Gasteiger partial charge on any atom is -0.481 e. The monoisotopic (exact) mass is 311 g/mol. The minimum atomic E-state index is -0.653. The molecule has 0 fully saturated rings. The van der Waals surface area contributed by atoms with E-state index in [0.29, 0.717) is 24.4 Å². The first-order valence-electron chi connectivity index (χ1n) is 7.27. The Balaban J connectivity index is 1.92. The molecule has 2 aromatic rings. The number of carbonyl (C=O) groups is 2. The zero-order chi connectivity index (χ0) is 16.4.